The molecule has 0 unspecified atom stereocenters. The van der Waals surface area contributed by atoms with Crippen LogP contribution in [0.1, 0.15) is 18.9 Å². The maximum atomic E-state index is 10.8. The first-order valence-electron chi connectivity index (χ1n) is 5.22. The van der Waals surface area contributed by atoms with Crippen LogP contribution in [-0.4, -0.2) is 11.5 Å². The number of nitrogens with one attached hydrogen (secondary N) is 1. The highest BCUT2D eigenvalue weighted by molar-refractivity contribution is 5.64. The summed E-state index contributed by atoms with van der Waals surface area (Å²) >= 11 is 0. The Morgan fingerprint density at radius 1 is 1.59 bits per heavy atom. The Balaban J connectivity index is 2.84. The summed E-state index contributed by atoms with van der Waals surface area (Å²) in [6.07, 6.45) is 4.70. The van der Waals surface area contributed by atoms with E-state index in [9.17, 15) is 10.1 Å². The fourth-order valence-electron chi connectivity index (χ4n) is 1.36. The smallest absolute Gasteiger partial charge is 0.293 e. The van der Waals surface area contributed by atoms with Crippen molar-refractivity contribution in [1.82, 2.24) is 0 Å². The highest BCUT2D eigenvalue weighted by Crippen LogP contribution is 2.25. The monoisotopic (exact) mass is 231 g/mol. The Bertz CT molecular complexity index is 475. The minimum atomic E-state index is -0.487. The van der Waals surface area contributed by atoms with Crippen LogP contribution in [0.3, 0.4) is 0 Å². The van der Waals surface area contributed by atoms with Crippen LogP contribution in [-0.2, 0) is 0 Å². The molecular weight excluding hydrogens is 218 g/mol. The molecule has 0 saturated heterocycles. The third kappa shape index (κ3) is 3.61. The summed E-state index contributed by atoms with van der Waals surface area (Å²) in [6.45, 7) is 2.54. The second kappa shape index (κ2) is 6.28. The Hall–Kier alpha value is -2.35. The van der Waals surface area contributed by atoms with E-state index >= 15 is 0 Å². The topological polar surface area (TPSA) is 79.0 Å². The number of anilines is 1. The van der Waals surface area contributed by atoms with Gasteiger partial charge in [0.1, 0.15) is 5.69 Å². The highest BCUT2D eigenvalue weighted by Gasteiger charge is 2.13. The van der Waals surface area contributed by atoms with Crippen LogP contribution in [0.4, 0.5) is 11.4 Å². The van der Waals surface area contributed by atoms with Crippen LogP contribution in [0.5, 0.6) is 0 Å². The number of nitriles is 1. The maximum absolute atomic E-state index is 10.8. The van der Waals surface area contributed by atoms with Crippen molar-refractivity contribution in [2.75, 3.05) is 11.9 Å². The van der Waals surface area contributed by atoms with E-state index in [1.165, 1.54) is 6.07 Å². The molecule has 0 aliphatic rings. The van der Waals surface area contributed by atoms with E-state index in [1.54, 1.807) is 12.1 Å². The molecule has 0 amide bonds. The third-order valence-corrected chi connectivity index (χ3v) is 2.19. The number of allylic oxidation sites excluding steroid dienone is 1. The van der Waals surface area contributed by atoms with Crippen molar-refractivity contribution in [2.45, 2.75) is 13.3 Å². The summed E-state index contributed by atoms with van der Waals surface area (Å²) in [5, 5.41) is 22.5. The summed E-state index contributed by atoms with van der Waals surface area (Å²) < 4.78 is 0. The van der Waals surface area contributed by atoms with Gasteiger partial charge >= 0.3 is 0 Å². The quantitative estimate of drug-likeness (QED) is 0.365. The molecule has 0 radical (unpaired) electrons. The van der Waals surface area contributed by atoms with Crippen molar-refractivity contribution in [3.63, 3.8) is 0 Å². The van der Waals surface area contributed by atoms with Crippen molar-refractivity contribution in [1.29, 1.82) is 5.26 Å². The number of nitro groups is 1. The standard InChI is InChI=1S/C12H13N3O2/c1-2-3-4-7-14-11-6-5-10(9-13)8-12(11)15(16)17/h2-3,5-6,8,14H,4,7H2,1H3/b3-2+. The fourth-order valence-corrected chi connectivity index (χ4v) is 1.36. The van der Waals surface area contributed by atoms with Gasteiger partial charge in [-0.2, -0.15) is 5.26 Å². The lowest BCUT2D eigenvalue weighted by Gasteiger charge is -2.05. The molecule has 0 fully saturated rings. The van der Waals surface area contributed by atoms with Gasteiger partial charge in [0, 0.05) is 12.6 Å². The van der Waals surface area contributed by atoms with E-state index in [0.717, 1.165) is 6.42 Å². The van der Waals surface area contributed by atoms with Crippen LogP contribution in [0.25, 0.3) is 0 Å². The third-order valence-electron chi connectivity index (χ3n) is 2.19. The van der Waals surface area contributed by atoms with E-state index < -0.39 is 4.92 Å². The molecule has 0 aliphatic heterocycles. The molecule has 1 aromatic rings. The van der Waals surface area contributed by atoms with Gasteiger partial charge in [-0.1, -0.05) is 12.2 Å². The van der Waals surface area contributed by atoms with E-state index in [0.29, 0.717) is 12.2 Å². The molecule has 0 heterocycles. The van der Waals surface area contributed by atoms with Gasteiger partial charge in [-0.05, 0) is 25.5 Å². The van der Waals surface area contributed by atoms with Gasteiger partial charge in [-0.25, -0.2) is 0 Å². The average Bonchev–Trinajstić information content (AvgIpc) is 2.34. The predicted molar refractivity (Wildman–Crippen MR) is 65.7 cm³/mol. The Morgan fingerprint density at radius 2 is 2.35 bits per heavy atom. The van der Waals surface area contributed by atoms with Crippen LogP contribution < -0.4 is 5.32 Å². The van der Waals surface area contributed by atoms with Crippen molar-refractivity contribution < 1.29 is 4.92 Å². The molecule has 0 bridgehead atoms. The van der Waals surface area contributed by atoms with Crippen LogP contribution in [0.15, 0.2) is 30.4 Å². The molecule has 0 saturated carbocycles. The minimum Gasteiger partial charge on any atom is -0.379 e. The fraction of sp³-hybridized carbons (Fsp3) is 0.250. The molecule has 17 heavy (non-hydrogen) atoms. The molecule has 5 heteroatoms. The number of nitro benzene ring substituents is 1. The molecule has 1 rings (SSSR count). The molecule has 0 aliphatic carbocycles. The summed E-state index contributed by atoms with van der Waals surface area (Å²) in [5.41, 5.74) is 0.665. The first-order chi connectivity index (χ1) is 8.19. The van der Waals surface area contributed by atoms with Gasteiger partial charge in [-0.3, -0.25) is 10.1 Å². The lowest BCUT2D eigenvalue weighted by Crippen LogP contribution is -2.03. The van der Waals surface area contributed by atoms with Gasteiger partial charge in [0.05, 0.1) is 16.6 Å². The van der Waals surface area contributed by atoms with Crippen LogP contribution in [0, 0.1) is 21.4 Å². The normalized spacial score (nSPS) is 10.1. The molecule has 1 aromatic carbocycles. The lowest BCUT2D eigenvalue weighted by molar-refractivity contribution is -0.384. The number of rotatable bonds is 5. The van der Waals surface area contributed by atoms with Crippen LogP contribution >= 0.6 is 0 Å². The number of benzene rings is 1. The van der Waals surface area contributed by atoms with Gasteiger partial charge in [-0.15, -0.1) is 0 Å². The van der Waals surface area contributed by atoms with E-state index in [2.05, 4.69) is 5.32 Å². The summed E-state index contributed by atoms with van der Waals surface area (Å²) in [6, 6.07) is 6.28. The van der Waals surface area contributed by atoms with Crippen molar-refractivity contribution in [2.24, 2.45) is 0 Å². The summed E-state index contributed by atoms with van der Waals surface area (Å²) in [5.74, 6) is 0. The second-order valence-electron chi connectivity index (χ2n) is 3.39. The first-order valence-corrected chi connectivity index (χ1v) is 5.22. The predicted octanol–water partition coefficient (Wildman–Crippen LogP) is 2.84. The van der Waals surface area contributed by atoms with Crippen LogP contribution in [0.2, 0.25) is 0 Å². The Kier molecular flexibility index (Phi) is 4.70. The largest absolute Gasteiger partial charge is 0.379 e. The molecule has 0 atom stereocenters. The summed E-state index contributed by atoms with van der Waals surface area (Å²) in [4.78, 5) is 10.3. The Morgan fingerprint density at radius 3 is 2.94 bits per heavy atom. The molecule has 1 N–H and O–H groups in total. The molecule has 5 nitrogen and oxygen atoms in total. The van der Waals surface area contributed by atoms with Gasteiger partial charge < -0.3 is 5.32 Å². The van der Waals surface area contributed by atoms with Gasteiger partial charge in [0.25, 0.3) is 5.69 Å². The number of hydrogen-bond donors (Lipinski definition) is 1. The maximum Gasteiger partial charge on any atom is 0.293 e. The van der Waals surface area contributed by atoms with Crippen molar-refractivity contribution >= 4 is 11.4 Å². The first kappa shape index (κ1) is 12.7. The number of hydrogen-bond acceptors (Lipinski definition) is 4. The minimum absolute atomic E-state index is 0.0653. The van der Waals surface area contributed by atoms with Crippen molar-refractivity contribution in [3.8, 4) is 6.07 Å². The molecule has 0 aromatic heterocycles. The molecule has 0 spiro atoms. The van der Waals surface area contributed by atoms with Gasteiger partial charge in [0.2, 0.25) is 0 Å². The average molecular weight is 231 g/mol. The van der Waals surface area contributed by atoms with E-state index in [4.69, 9.17) is 5.26 Å². The van der Waals surface area contributed by atoms with E-state index in [-0.39, 0.29) is 11.3 Å². The zero-order valence-electron chi connectivity index (χ0n) is 9.51. The molecule has 88 valence electrons. The highest BCUT2D eigenvalue weighted by atomic mass is 16.6. The van der Waals surface area contributed by atoms with Gasteiger partial charge in [0.15, 0.2) is 0 Å². The van der Waals surface area contributed by atoms with E-state index in [1.807, 2.05) is 25.1 Å². The number of nitrogens with zero attached hydrogens (tertiary/aromatic N) is 2. The Labute approximate surface area is 99.5 Å². The summed E-state index contributed by atoms with van der Waals surface area (Å²) in [7, 11) is 0. The SMILES string of the molecule is C/C=C/CCNc1ccc(C#N)cc1[N+](=O)[O-]. The second-order valence-corrected chi connectivity index (χ2v) is 3.39. The lowest BCUT2D eigenvalue weighted by atomic mass is 10.2. The zero-order valence-corrected chi connectivity index (χ0v) is 9.51. The zero-order chi connectivity index (χ0) is 12.7. The van der Waals surface area contributed by atoms with Crippen molar-refractivity contribution in [3.05, 3.63) is 46.0 Å². The molecular formula is C12H13N3O2.